The van der Waals surface area contributed by atoms with Crippen molar-refractivity contribution < 1.29 is 9.53 Å². The number of aryl methyl sites for hydroxylation is 1. The summed E-state index contributed by atoms with van der Waals surface area (Å²) in [5.74, 6) is 2.85. The number of carbonyl (C=O) groups excluding carboxylic acids is 1. The molecule has 0 bridgehead atoms. The summed E-state index contributed by atoms with van der Waals surface area (Å²) in [5, 5.41) is 10.2. The lowest BCUT2D eigenvalue weighted by atomic mass is 9.92. The van der Waals surface area contributed by atoms with Gasteiger partial charge in [-0.2, -0.15) is 0 Å². The smallest absolute Gasteiger partial charge is 0.325 e. The molecule has 5 rings (SSSR count). The fourth-order valence-corrected chi connectivity index (χ4v) is 5.45. The van der Waals surface area contributed by atoms with E-state index in [1.54, 1.807) is 18.7 Å². The summed E-state index contributed by atoms with van der Waals surface area (Å²) in [4.78, 5) is 33.6. The maximum atomic E-state index is 13.0. The Bertz CT molecular complexity index is 1320. The Balaban J connectivity index is 1.22. The van der Waals surface area contributed by atoms with Gasteiger partial charge in [-0.15, -0.1) is 0 Å². The number of ether oxygens (including phenoxy) is 1. The zero-order chi connectivity index (χ0) is 28.8. The molecule has 0 aromatic carbocycles. The molecule has 0 amide bonds. The van der Waals surface area contributed by atoms with Crippen LogP contribution in [0.4, 0.5) is 17.5 Å². The second-order valence-electron chi connectivity index (χ2n) is 11.9. The van der Waals surface area contributed by atoms with Crippen molar-refractivity contribution in [2.45, 2.75) is 77.5 Å². The molecule has 0 aliphatic carbocycles. The van der Waals surface area contributed by atoms with Crippen molar-refractivity contribution in [3.8, 4) is 0 Å². The predicted molar refractivity (Wildman–Crippen MR) is 161 cm³/mol. The zero-order valence-electron chi connectivity index (χ0n) is 24.6. The summed E-state index contributed by atoms with van der Waals surface area (Å²) in [6.07, 6.45) is 9.44. The molecule has 3 aromatic rings. The number of fused-ring (bicyclic) bond motifs is 1. The monoisotopic (exact) mass is 558 g/mol. The highest BCUT2D eigenvalue weighted by Crippen LogP contribution is 2.33. The lowest BCUT2D eigenvalue weighted by Gasteiger charge is -2.34. The van der Waals surface area contributed by atoms with Crippen LogP contribution in [0.5, 0.6) is 0 Å². The Kier molecular flexibility index (Phi) is 8.97. The number of piperidine rings is 1. The van der Waals surface area contributed by atoms with Gasteiger partial charge < -0.3 is 20.3 Å². The van der Waals surface area contributed by atoms with Crippen molar-refractivity contribution in [1.82, 2.24) is 25.3 Å². The van der Waals surface area contributed by atoms with E-state index in [4.69, 9.17) is 9.72 Å². The number of nitrogens with one attached hydrogen (secondary N) is 3. The number of hydrogen-bond donors (Lipinski definition) is 3. The first-order valence-corrected chi connectivity index (χ1v) is 14.7. The first-order chi connectivity index (χ1) is 19.8. The van der Waals surface area contributed by atoms with Crippen LogP contribution in [0.2, 0.25) is 0 Å². The number of anilines is 3. The van der Waals surface area contributed by atoms with Gasteiger partial charge in [0, 0.05) is 62.3 Å². The molecule has 218 valence electrons. The van der Waals surface area contributed by atoms with Gasteiger partial charge in [0.05, 0.1) is 0 Å². The van der Waals surface area contributed by atoms with Gasteiger partial charge >= 0.3 is 5.97 Å². The zero-order valence-corrected chi connectivity index (χ0v) is 24.6. The van der Waals surface area contributed by atoms with E-state index in [1.807, 2.05) is 39.8 Å². The number of pyridine rings is 2. The van der Waals surface area contributed by atoms with Crippen LogP contribution in [-0.2, 0) is 22.5 Å². The highest BCUT2D eigenvalue weighted by atomic mass is 16.6. The van der Waals surface area contributed by atoms with Crippen LogP contribution in [0.25, 0.3) is 0 Å². The molecule has 1 fully saturated rings. The average Bonchev–Trinajstić information content (AvgIpc) is 2.97. The number of carbonyl (C=O) groups is 1. The minimum absolute atomic E-state index is 0.311. The summed E-state index contributed by atoms with van der Waals surface area (Å²) in [6, 6.07) is 7.75. The number of aromatic nitrogens is 4. The molecule has 1 saturated heterocycles. The van der Waals surface area contributed by atoms with E-state index >= 15 is 0 Å². The van der Waals surface area contributed by atoms with E-state index in [2.05, 4.69) is 47.9 Å². The van der Waals surface area contributed by atoms with Crippen molar-refractivity contribution in [2.24, 2.45) is 0 Å². The van der Waals surface area contributed by atoms with Gasteiger partial charge in [-0.25, -0.2) is 15.0 Å². The van der Waals surface area contributed by atoms with Crippen LogP contribution in [0, 0.1) is 6.92 Å². The molecule has 3 N–H and O–H groups in total. The summed E-state index contributed by atoms with van der Waals surface area (Å²) in [6.45, 7) is 11.3. The molecule has 0 spiro atoms. The molecule has 2 aliphatic rings. The molecule has 0 radical (unpaired) electrons. The van der Waals surface area contributed by atoms with Gasteiger partial charge in [0.2, 0.25) is 0 Å². The van der Waals surface area contributed by atoms with Crippen molar-refractivity contribution in [3.05, 3.63) is 65.4 Å². The Hall–Kier alpha value is -3.79. The lowest BCUT2D eigenvalue weighted by Crippen LogP contribution is -2.45. The third kappa shape index (κ3) is 7.49. The van der Waals surface area contributed by atoms with E-state index in [-0.39, 0.29) is 5.97 Å². The second kappa shape index (κ2) is 12.8. The first kappa shape index (κ1) is 28.7. The molecule has 2 aliphatic heterocycles. The standard InChI is InChI=1S/C31H42N8O2/c1-21-27(35-19-26(30(40)41-31(2,3)4)34-18-22-7-5-13-32-17-22)36-20-37-29(21)39-15-11-23(12-16-39)25-10-9-24-8-6-14-33-28(24)38-25/h5,7,9-10,13,17,20,23,26,34H,6,8,11-12,14-16,18-19H2,1-4H3,(H,33,38)(H,35,36,37)/t26-/m0/s1. The topological polar surface area (TPSA) is 117 Å². The maximum absolute atomic E-state index is 13.0. The Morgan fingerprint density at radius 2 is 2.02 bits per heavy atom. The lowest BCUT2D eigenvalue weighted by molar-refractivity contribution is -0.157. The molecule has 0 saturated carbocycles. The molecule has 1 atom stereocenters. The van der Waals surface area contributed by atoms with Crippen LogP contribution < -0.4 is 20.9 Å². The fourth-order valence-electron chi connectivity index (χ4n) is 5.45. The second-order valence-corrected chi connectivity index (χ2v) is 11.9. The van der Waals surface area contributed by atoms with Crippen molar-refractivity contribution in [1.29, 1.82) is 0 Å². The highest BCUT2D eigenvalue weighted by molar-refractivity contribution is 5.77. The van der Waals surface area contributed by atoms with Crippen LogP contribution >= 0.6 is 0 Å². The number of hydrogen-bond acceptors (Lipinski definition) is 10. The Morgan fingerprint density at radius 3 is 2.78 bits per heavy atom. The minimum Gasteiger partial charge on any atom is -0.459 e. The van der Waals surface area contributed by atoms with Crippen molar-refractivity contribution >= 4 is 23.4 Å². The molecular weight excluding hydrogens is 516 g/mol. The largest absolute Gasteiger partial charge is 0.459 e. The summed E-state index contributed by atoms with van der Waals surface area (Å²) >= 11 is 0. The number of rotatable bonds is 9. The van der Waals surface area contributed by atoms with Crippen LogP contribution in [0.15, 0.2) is 43.0 Å². The van der Waals surface area contributed by atoms with Crippen LogP contribution in [-0.4, -0.2) is 63.7 Å². The van der Waals surface area contributed by atoms with Crippen molar-refractivity contribution in [3.63, 3.8) is 0 Å². The molecule has 3 aromatic heterocycles. The molecule has 10 heteroatoms. The molecular formula is C31H42N8O2. The number of esters is 1. The number of nitrogens with zero attached hydrogens (tertiary/aromatic N) is 5. The molecule has 41 heavy (non-hydrogen) atoms. The van der Waals surface area contributed by atoms with Crippen LogP contribution in [0.1, 0.15) is 68.3 Å². The third-order valence-electron chi connectivity index (χ3n) is 7.63. The SMILES string of the molecule is Cc1c(NC[C@H](NCc2cccnc2)C(=O)OC(C)(C)C)ncnc1N1CCC(c2ccc3c(n2)NCCC3)CC1. The molecule has 5 heterocycles. The Labute approximate surface area is 242 Å². The maximum Gasteiger partial charge on any atom is 0.325 e. The van der Waals surface area contributed by atoms with Gasteiger partial charge in [0.1, 0.15) is 35.4 Å². The third-order valence-corrected chi connectivity index (χ3v) is 7.63. The van der Waals surface area contributed by atoms with E-state index in [0.717, 1.165) is 67.5 Å². The molecule has 0 unspecified atom stereocenters. The summed E-state index contributed by atoms with van der Waals surface area (Å²) in [7, 11) is 0. The van der Waals surface area contributed by atoms with Gasteiger partial charge in [0.25, 0.3) is 0 Å². The predicted octanol–water partition coefficient (Wildman–Crippen LogP) is 4.23. The van der Waals surface area contributed by atoms with E-state index in [1.165, 1.54) is 17.7 Å². The van der Waals surface area contributed by atoms with Gasteiger partial charge in [-0.1, -0.05) is 12.1 Å². The quantitative estimate of drug-likeness (QED) is 0.329. The van der Waals surface area contributed by atoms with E-state index in [9.17, 15) is 4.79 Å². The van der Waals surface area contributed by atoms with E-state index < -0.39 is 11.6 Å². The Morgan fingerprint density at radius 1 is 1.20 bits per heavy atom. The average molecular weight is 559 g/mol. The first-order valence-electron chi connectivity index (χ1n) is 14.7. The fraction of sp³-hybridized carbons (Fsp3) is 0.516. The summed E-state index contributed by atoms with van der Waals surface area (Å²) in [5.41, 5.74) is 3.89. The van der Waals surface area contributed by atoms with Gasteiger partial charge in [-0.3, -0.25) is 15.1 Å². The normalized spacial score (nSPS) is 16.4. The van der Waals surface area contributed by atoms with Gasteiger partial charge in [-0.05, 0) is 76.6 Å². The van der Waals surface area contributed by atoms with E-state index in [0.29, 0.717) is 19.0 Å². The van der Waals surface area contributed by atoms with Gasteiger partial charge in [0.15, 0.2) is 0 Å². The van der Waals surface area contributed by atoms with Crippen LogP contribution in [0.3, 0.4) is 0 Å². The van der Waals surface area contributed by atoms with Crippen molar-refractivity contribution in [2.75, 3.05) is 41.7 Å². The highest BCUT2D eigenvalue weighted by Gasteiger charge is 2.27. The minimum atomic E-state index is -0.583. The summed E-state index contributed by atoms with van der Waals surface area (Å²) < 4.78 is 5.70. The molecule has 10 nitrogen and oxygen atoms in total.